The maximum absolute atomic E-state index is 14.6. The molecule has 1 aliphatic rings. The average molecular weight is 466 g/mol. The van der Waals surface area contributed by atoms with Gasteiger partial charge < -0.3 is 15.0 Å². The van der Waals surface area contributed by atoms with Crippen LogP contribution in [0.2, 0.25) is 0 Å². The van der Waals surface area contributed by atoms with Crippen LogP contribution in [-0.2, 0) is 6.18 Å². The molecule has 13 heteroatoms. The number of nitrogens with zero attached hydrogens (tertiary/aromatic N) is 3. The number of alkyl halides is 3. The highest BCUT2D eigenvalue weighted by molar-refractivity contribution is 5.90. The van der Waals surface area contributed by atoms with Crippen molar-refractivity contribution >= 4 is 22.8 Å². The van der Waals surface area contributed by atoms with Crippen molar-refractivity contribution in [3.8, 4) is 11.5 Å². The van der Waals surface area contributed by atoms with Gasteiger partial charge in [0.05, 0.1) is 17.0 Å². The number of halogens is 5. The Hall–Kier alpha value is -4.03. The quantitative estimate of drug-likeness (QED) is 0.420. The normalized spacial score (nSPS) is 15.9. The van der Waals surface area contributed by atoms with E-state index in [1.54, 1.807) is 6.08 Å². The Kier molecular flexibility index (Phi) is 5.70. The zero-order valence-corrected chi connectivity index (χ0v) is 16.8. The van der Waals surface area contributed by atoms with Crippen molar-refractivity contribution in [1.29, 1.82) is 0 Å². The van der Waals surface area contributed by atoms with E-state index in [0.717, 1.165) is 24.4 Å². The van der Waals surface area contributed by atoms with Crippen LogP contribution < -0.4 is 15.4 Å². The second-order valence-corrected chi connectivity index (χ2v) is 7.07. The SMILES string of the molecule is CC1CC=C(NC(=O)Nc2cc(F)c(Oc3ccnc4[nH]cc(C(F)(F)F)c34)c(F)c2)N=N1. The lowest BCUT2D eigenvalue weighted by Crippen LogP contribution is -2.28. The van der Waals surface area contributed by atoms with E-state index in [-0.39, 0.29) is 23.2 Å². The number of pyridine rings is 1. The van der Waals surface area contributed by atoms with Crippen molar-refractivity contribution in [3.05, 3.63) is 59.7 Å². The molecule has 0 spiro atoms. The van der Waals surface area contributed by atoms with E-state index in [2.05, 4.69) is 30.8 Å². The minimum absolute atomic E-state index is 0.0190. The zero-order chi connectivity index (χ0) is 23.8. The van der Waals surface area contributed by atoms with Crippen molar-refractivity contribution in [2.45, 2.75) is 25.6 Å². The van der Waals surface area contributed by atoms with Crippen LogP contribution in [-0.4, -0.2) is 22.0 Å². The number of ether oxygens (including phenoxy) is 1. The number of aromatic amines is 1. The number of amides is 2. The van der Waals surface area contributed by atoms with Gasteiger partial charge in [0.2, 0.25) is 0 Å². The summed E-state index contributed by atoms with van der Waals surface area (Å²) in [6.45, 7) is 1.84. The van der Waals surface area contributed by atoms with E-state index >= 15 is 0 Å². The van der Waals surface area contributed by atoms with Gasteiger partial charge in [-0.1, -0.05) is 0 Å². The van der Waals surface area contributed by atoms with Crippen LogP contribution in [0.5, 0.6) is 11.5 Å². The summed E-state index contributed by atoms with van der Waals surface area (Å²) in [5.74, 6) is -3.70. The number of benzene rings is 1. The van der Waals surface area contributed by atoms with Crippen LogP contribution in [0.15, 0.2) is 52.7 Å². The van der Waals surface area contributed by atoms with Gasteiger partial charge in [0.1, 0.15) is 11.4 Å². The molecule has 1 atom stereocenters. The minimum atomic E-state index is -4.75. The van der Waals surface area contributed by atoms with E-state index < -0.39 is 46.3 Å². The monoisotopic (exact) mass is 466 g/mol. The first-order valence-electron chi connectivity index (χ1n) is 9.51. The Balaban J connectivity index is 1.56. The molecule has 172 valence electrons. The van der Waals surface area contributed by atoms with Crippen LogP contribution in [0.3, 0.4) is 0 Å². The number of azo groups is 1. The molecule has 3 aromatic rings. The van der Waals surface area contributed by atoms with Crippen LogP contribution in [0, 0.1) is 11.6 Å². The molecule has 0 saturated carbocycles. The average Bonchev–Trinajstić information content (AvgIpc) is 3.18. The van der Waals surface area contributed by atoms with Gasteiger partial charge in [-0.3, -0.25) is 5.32 Å². The molecule has 4 rings (SSSR count). The number of H-pyrrole nitrogens is 1. The Bertz CT molecular complexity index is 1260. The number of carbonyl (C=O) groups excluding carboxylic acids is 1. The number of carbonyl (C=O) groups is 1. The maximum Gasteiger partial charge on any atom is 0.418 e. The van der Waals surface area contributed by atoms with Crippen molar-refractivity contribution in [2.75, 3.05) is 5.32 Å². The summed E-state index contributed by atoms with van der Waals surface area (Å²) < 4.78 is 74.2. The van der Waals surface area contributed by atoms with Crippen LogP contribution >= 0.6 is 0 Å². The molecule has 0 bridgehead atoms. The number of anilines is 1. The molecule has 2 aromatic heterocycles. The van der Waals surface area contributed by atoms with Crippen LogP contribution in [0.4, 0.5) is 32.4 Å². The standard InChI is InChI=1S/C20H15F5N6O2/c1-9-2-3-15(31-30-9)29-19(32)28-10-6-12(21)17(13(22)7-10)33-14-4-5-26-18-16(14)11(8-27-18)20(23,24)25/h3-9H,2H2,1H3,(H,26,27)(H2,28,29,32). The molecule has 1 unspecified atom stereocenters. The number of nitrogens with one attached hydrogen (secondary N) is 3. The first kappa shape index (κ1) is 22.2. The number of urea groups is 1. The summed E-state index contributed by atoms with van der Waals surface area (Å²) in [4.78, 5) is 18.2. The van der Waals surface area contributed by atoms with Gasteiger partial charge in [0, 0.05) is 30.2 Å². The third kappa shape index (κ3) is 4.76. The zero-order valence-electron chi connectivity index (χ0n) is 16.8. The third-order valence-corrected chi connectivity index (χ3v) is 4.57. The van der Waals surface area contributed by atoms with E-state index in [1.807, 2.05) is 6.92 Å². The molecule has 8 nitrogen and oxygen atoms in total. The highest BCUT2D eigenvalue weighted by atomic mass is 19.4. The maximum atomic E-state index is 14.6. The van der Waals surface area contributed by atoms with E-state index in [0.29, 0.717) is 12.6 Å². The molecule has 2 amide bonds. The molecule has 0 aliphatic carbocycles. The topological polar surface area (TPSA) is 104 Å². The lowest BCUT2D eigenvalue weighted by Gasteiger charge is -2.14. The molecular weight excluding hydrogens is 451 g/mol. The Morgan fingerprint density at radius 3 is 2.58 bits per heavy atom. The van der Waals surface area contributed by atoms with Crippen LogP contribution in [0.1, 0.15) is 18.9 Å². The Morgan fingerprint density at radius 2 is 1.94 bits per heavy atom. The number of hydrogen-bond acceptors (Lipinski definition) is 5. The van der Waals surface area contributed by atoms with E-state index in [1.165, 1.54) is 0 Å². The molecule has 0 radical (unpaired) electrons. The summed E-state index contributed by atoms with van der Waals surface area (Å²) in [7, 11) is 0. The van der Waals surface area contributed by atoms with Crippen LogP contribution in [0.25, 0.3) is 11.0 Å². The smallest absolute Gasteiger partial charge is 0.418 e. The highest BCUT2D eigenvalue weighted by Crippen LogP contribution is 2.40. The van der Waals surface area contributed by atoms with Gasteiger partial charge in [-0.15, -0.1) is 5.11 Å². The lowest BCUT2D eigenvalue weighted by atomic mass is 10.2. The molecular formula is C20H15F5N6O2. The predicted octanol–water partition coefficient (Wildman–Crippen LogP) is 5.86. The van der Waals surface area contributed by atoms with Gasteiger partial charge in [0.25, 0.3) is 0 Å². The fraction of sp³-hybridized carbons (Fsp3) is 0.200. The second kappa shape index (κ2) is 8.48. The molecule has 0 fully saturated rings. The molecule has 3 heterocycles. The fourth-order valence-electron chi connectivity index (χ4n) is 3.06. The fourth-order valence-corrected chi connectivity index (χ4v) is 3.06. The summed E-state index contributed by atoms with van der Waals surface area (Å²) in [5.41, 5.74) is -1.52. The van der Waals surface area contributed by atoms with Crippen molar-refractivity contribution < 1.29 is 31.5 Å². The number of aromatic nitrogens is 2. The van der Waals surface area contributed by atoms with Crippen molar-refractivity contribution in [1.82, 2.24) is 15.3 Å². The molecule has 3 N–H and O–H groups in total. The van der Waals surface area contributed by atoms with Gasteiger partial charge in [-0.2, -0.15) is 18.3 Å². The third-order valence-electron chi connectivity index (χ3n) is 4.57. The molecule has 1 aromatic carbocycles. The molecule has 0 saturated heterocycles. The van der Waals surface area contributed by atoms with Gasteiger partial charge in [-0.05, 0) is 25.5 Å². The highest BCUT2D eigenvalue weighted by Gasteiger charge is 2.35. The summed E-state index contributed by atoms with van der Waals surface area (Å²) >= 11 is 0. The predicted molar refractivity (Wildman–Crippen MR) is 107 cm³/mol. The van der Waals surface area contributed by atoms with Gasteiger partial charge in [0.15, 0.2) is 23.2 Å². The second-order valence-electron chi connectivity index (χ2n) is 7.07. The molecule has 1 aliphatic heterocycles. The van der Waals surface area contributed by atoms with E-state index in [4.69, 9.17) is 4.74 Å². The number of fused-ring (bicyclic) bond motifs is 1. The van der Waals surface area contributed by atoms with Crippen molar-refractivity contribution in [3.63, 3.8) is 0 Å². The van der Waals surface area contributed by atoms with Gasteiger partial charge in [-0.25, -0.2) is 18.6 Å². The van der Waals surface area contributed by atoms with Crippen molar-refractivity contribution in [2.24, 2.45) is 10.2 Å². The molecule has 33 heavy (non-hydrogen) atoms. The largest absolute Gasteiger partial charge is 0.450 e. The lowest BCUT2D eigenvalue weighted by molar-refractivity contribution is -0.136. The van der Waals surface area contributed by atoms with Gasteiger partial charge >= 0.3 is 12.2 Å². The number of hydrogen-bond donors (Lipinski definition) is 3. The first-order valence-corrected chi connectivity index (χ1v) is 9.51. The number of rotatable bonds is 4. The Labute approximate surface area is 182 Å². The Morgan fingerprint density at radius 1 is 1.21 bits per heavy atom. The first-order chi connectivity index (χ1) is 15.6. The van der Waals surface area contributed by atoms with E-state index in [9.17, 15) is 26.7 Å². The summed E-state index contributed by atoms with van der Waals surface area (Å²) in [5, 5.41) is 11.8. The minimum Gasteiger partial charge on any atom is -0.450 e. The summed E-state index contributed by atoms with van der Waals surface area (Å²) in [6, 6.07) is 1.74. The summed E-state index contributed by atoms with van der Waals surface area (Å²) in [6.07, 6.45) is -0.731.